The van der Waals surface area contributed by atoms with Crippen molar-refractivity contribution in [1.29, 1.82) is 0 Å². The number of carbonyl (C=O) groups excluding carboxylic acids is 1. The standard InChI is InChI=1S/C20H23N5O3S/c1-20(19(26)21-11-12-24(2)3)13-22-18(14-7-5-4-6-8-14)23-17(20)15-9-10-16(29-15)25(27)28/h4-10,13,18H,11-12H2,1-3H3,(H,21,26). The van der Waals surface area contributed by atoms with E-state index in [-0.39, 0.29) is 10.9 Å². The summed E-state index contributed by atoms with van der Waals surface area (Å²) < 4.78 is 0. The number of nitrogens with one attached hydrogen (secondary N) is 1. The molecule has 8 nitrogen and oxygen atoms in total. The summed E-state index contributed by atoms with van der Waals surface area (Å²) in [7, 11) is 3.86. The number of hydrogen-bond donors (Lipinski definition) is 1. The van der Waals surface area contributed by atoms with Crippen LogP contribution in [0.2, 0.25) is 0 Å². The molecule has 3 rings (SSSR count). The lowest BCUT2D eigenvalue weighted by atomic mass is 9.82. The number of rotatable bonds is 7. The third-order valence-corrected chi connectivity index (χ3v) is 5.68. The predicted octanol–water partition coefficient (Wildman–Crippen LogP) is 2.91. The van der Waals surface area contributed by atoms with Gasteiger partial charge in [-0.05, 0) is 32.6 Å². The van der Waals surface area contributed by atoms with Crippen molar-refractivity contribution >= 4 is 34.2 Å². The van der Waals surface area contributed by atoms with E-state index in [0.717, 1.165) is 16.9 Å². The molecule has 0 saturated carbocycles. The van der Waals surface area contributed by atoms with Crippen LogP contribution in [0.25, 0.3) is 0 Å². The van der Waals surface area contributed by atoms with Gasteiger partial charge in [-0.15, -0.1) is 0 Å². The molecule has 0 bridgehead atoms. The van der Waals surface area contributed by atoms with Gasteiger partial charge in [0.2, 0.25) is 5.91 Å². The van der Waals surface area contributed by atoms with Crippen molar-refractivity contribution in [3.05, 3.63) is 63.0 Å². The number of likely N-dealkylation sites (N-methyl/N-ethyl adjacent to an activating group) is 1. The van der Waals surface area contributed by atoms with Crippen molar-refractivity contribution in [2.24, 2.45) is 15.4 Å². The van der Waals surface area contributed by atoms with Gasteiger partial charge in [-0.25, -0.2) is 0 Å². The predicted molar refractivity (Wildman–Crippen MR) is 115 cm³/mol. The summed E-state index contributed by atoms with van der Waals surface area (Å²) in [5.41, 5.74) is 0.264. The zero-order valence-electron chi connectivity index (χ0n) is 16.5. The zero-order chi connectivity index (χ0) is 21.0. The normalized spacial score (nSPS) is 21.1. The van der Waals surface area contributed by atoms with Gasteiger partial charge in [-0.2, -0.15) is 0 Å². The minimum Gasteiger partial charge on any atom is -0.354 e. The molecule has 9 heteroatoms. The molecule has 0 radical (unpaired) electrons. The number of hydrogen-bond acceptors (Lipinski definition) is 7. The average Bonchev–Trinajstić information content (AvgIpc) is 3.19. The van der Waals surface area contributed by atoms with E-state index in [1.165, 1.54) is 6.07 Å². The molecule has 1 N–H and O–H groups in total. The Balaban J connectivity index is 1.97. The molecular formula is C20H23N5O3S. The number of carbonyl (C=O) groups is 1. The van der Waals surface area contributed by atoms with E-state index in [1.807, 2.05) is 49.3 Å². The minimum absolute atomic E-state index is 0.0110. The number of benzene rings is 1. The quantitative estimate of drug-likeness (QED) is 0.557. The lowest BCUT2D eigenvalue weighted by Gasteiger charge is -2.30. The zero-order valence-corrected chi connectivity index (χ0v) is 17.3. The maximum Gasteiger partial charge on any atom is 0.324 e. The first-order chi connectivity index (χ1) is 13.8. The summed E-state index contributed by atoms with van der Waals surface area (Å²) in [6, 6.07) is 12.6. The Morgan fingerprint density at radius 1 is 1.28 bits per heavy atom. The fraction of sp³-hybridized carbons (Fsp3) is 0.350. The first-order valence-corrected chi connectivity index (χ1v) is 9.98. The fourth-order valence-electron chi connectivity index (χ4n) is 2.97. The third kappa shape index (κ3) is 4.57. The van der Waals surface area contributed by atoms with Crippen LogP contribution in [0.15, 0.2) is 52.4 Å². The maximum absolute atomic E-state index is 13.0. The number of nitrogens with zero attached hydrogens (tertiary/aromatic N) is 4. The van der Waals surface area contributed by atoms with E-state index >= 15 is 0 Å². The summed E-state index contributed by atoms with van der Waals surface area (Å²) >= 11 is 1.01. The van der Waals surface area contributed by atoms with Crippen molar-refractivity contribution in [3.8, 4) is 0 Å². The van der Waals surface area contributed by atoms with Crippen LogP contribution in [-0.4, -0.2) is 54.8 Å². The van der Waals surface area contributed by atoms with Gasteiger partial charge in [0, 0.05) is 25.4 Å². The second-order valence-corrected chi connectivity index (χ2v) is 8.26. The van der Waals surface area contributed by atoms with Crippen molar-refractivity contribution in [2.75, 3.05) is 27.2 Å². The van der Waals surface area contributed by atoms with Gasteiger partial charge >= 0.3 is 5.00 Å². The van der Waals surface area contributed by atoms with Gasteiger partial charge in [0.05, 0.1) is 15.5 Å². The van der Waals surface area contributed by atoms with E-state index in [9.17, 15) is 14.9 Å². The average molecular weight is 414 g/mol. The first kappa shape index (κ1) is 20.8. The van der Waals surface area contributed by atoms with Crippen molar-refractivity contribution < 1.29 is 9.72 Å². The van der Waals surface area contributed by atoms with Crippen LogP contribution in [0.1, 0.15) is 23.5 Å². The van der Waals surface area contributed by atoms with Gasteiger partial charge in [-0.1, -0.05) is 41.7 Å². The van der Waals surface area contributed by atoms with Crippen LogP contribution in [0, 0.1) is 15.5 Å². The van der Waals surface area contributed by atoms with Crippen molar-refractivity contribution in [3.63, 3.8) is 0 Å². The van der Waals surface area contributed by atoms with E-state index in [4.69, 9.17) is 4.99 Å². The SMILES string of the molecule is CN(C)CCNC(=O)C1(C)C=NC(c2ccccc2)N=C1c1ccc([N+](=O)[O-])s1. The monoisotopic (exact) mass is 413 g/mol. The highest BCUT2D eigenvalue weighted by molar-refractivity contribution is 7.17. The van der Waals surface area contributed by atoms with Crippen molar-refractivity contribution in [2.45, 2.75) is 13.1 Å². The molecule has 0 spiro atoms. The molecule has 1 amide bonds. The van der Waals surface area contributed by atoms with E-state index < -0.39 is 16.5 Å². The lowest BCUT2D eigenvalue weighted by molar-refractivity contribution is -0.380. The Morgan fingerprint density at radius 2 is 2.00 bits per heavy atom. The molecule has 1 aliphatic heterocycles. The summed E-state index contributed by atoms with van der Waals surface area (Å²) in [5.74, 6) is -0.232. The second kappa shape index (κ2) is 8.62. The van der Waals surface area contributed by atoms with E-state index in [0.29, 0.717) is 23.7 Å². The first-order valence-electron chi connectivity index (χ1n) is 9.16. The second-order valence-electron chi connectivity index (χ2n) is 7.20. The fourth-order valence-corrected chi connectivity index (χ4v) is 3.91. The van der Waals surface area contributed by atoms with Gasteiger partial charge in [0.15, 0.2) is 6.17 Å². The molecule has 1 aliphatic rings. The van der Waals surface area contributed by atoms with Gasteiger partial charge < -0.3 is 10.2 Å². The molecule has 2 heterocycles. The summed E-state index contributed by atoms with van der Waals surface area (Å²) in [6.07, 6.45) is 1.12. The van der Waals surface area contributed by atoms with E-state index in [2.05, 4.69) is 10.3 Å². The Labute approximate surface area is 173 Å². The Hall–Kier alpha value is -2.91. The lowest BCUT2D eigenvalue weighted by Crippen LogP contribution is -2.48. The summed E-state index contributed by atoms with van der Waals surface area (Å²) in [5, 5.41) is 14.1. The number of amides is 1. The molecule has 152 valence electrons. The van der Waals surface area contributed by atoms with Crippen LogP contribution in [0.5, 0.6) is 0 Å². The molecule has 2 unspecified atom stereocenters. The molecule has 2 atom stereocenters. The summed E-state index contributed by atoms with van der Waals surface area (Å²) in [4.78, 5) is 35.6. The maximum atomic E-state index is 13.0. The molecule has 2 aromatic rings. The van der Waals surface area contributed by atoms with E-state index in [1.54, 1.807) is 19.2 Å². The highest BCUT2D eigenvalue weighted by Gasteiger charge is 2.42. The number of aliphatic imine (C=N–C) groups is 2. The van der Waals surface area contributed by atoms with Crippen LogP contribution >= 0.6 is 11.3 Å². The largest absolute Gasteiger partial charge is 0.354 e. The highest BCUT2D eigenvalue weighted by atomic mass is 32.1. The topological polar surface area (TPSA) is 100 Å². The highest BCUT2D eigenvalue weighted by Crippen LogP contribution is 2.36. The van der Waals surface area contributed by atoms with Crippen LogP contribution in [0.3, 0.4) is 0 Å². The molecule has 29 heavy (non-hydrogen) atoms. The number of nitro groups is 1. The smallest absolute Gasteiger partial charge is 0.324 e. The molecule has 0 aliphatic carbocycles. The Morgan fingerprint density at radius 3 is 2.62 bits per heavy atom. The molecule has 1 aromatic carbocycles. The minimum atomic E-state index is -1.11. The summed E-state index contributed by atoms with van der Waals surface area (Å²) in [6.45, 7) is 2.92. The Kier molecular flexibility index (Phi) is 6.19. The van der Waals surface area contributed by atoms with Gasteiger partial charge in [-0.3, -0.25) is 24.9 Å². The van der Waals surface area contributed by atoms with Gasteiger partial charge in [0.25, 0.3) is 0 Å². The van der Waals surface area contributed by atoms with Crippen LogP contribution in [0.4, 0.5) is 5.00 Å². The molecular weight excluding hydrogens is 390 g/mol. The van der Waals surface area contributed by atoms with Gasteiger partial charge in [0.1, 0.15) is 5.41 Å². The van der Waals surface area contributed by atoms with Crippen LogP contribution < -0.4 is 5.32 Å². The van der Waals surface area contributed by atoms with Crippen molar-refractivity contribution in [1.82, 2.24) is 10.2 Å². The third-order valence-electron chi connectivity index (χ3n) is 4.64. The molecule has 0 fully saturated rings. The number of thiophene rings is 1. The Bertz CT molecular complexity index is 954. The van der Waals surface area contributed by atoms with Crippen LogP contribution in [-0.2, 0) is 4.79 Å². The molecule has 0 saturated heterocycles. The molecule has 1 aromatic heterocycles.